The minimum Gasteiger partial charge on any atom is -0.398 e. The molecule has 0 aromatic heterocycles. The van der Waals surface area contributed by atoms with Gasteiger partial charge in [-0.15, -0.1) is 0 Å². The molecule has 7 heteroatoms. The lowest BCUT2D eigenvalue weighted by molar-refractivity contribution is -0.120. The molecule has 0 saturated heterocycles. The fourth-order valence-electron chi connectivity index (χ4n) is 1.51. The van der Waals surface area contributed by atoms with E-state index in [1.165, 1.54) is 13.1 Å². The maximum absolute atomic E-state index is 12.0. The number of nitrogens with two attached hydrogens (primary N) is 1. The van der Waals surface area contributed by atoms with Crippen molar-refractivity contribution in [3.05, 3.63) is 23.3 Å². The molecule has 0 saturated carbocycles. The number of carbonyl (C=O) groups excluding carboxylic acids is 1. The first-order valence-electron chi connectivity index (χ1n) is 5.85. The Morgan fingerprint density at radius 2 is 1.95 bits per heavy atom. The lowest BCUT2D eigenvalue weighted by Crippen LogP contribution is -2.29. The highest BCUT2D eigenvalue weighted by molar-refractivity contribution is 7.89. The SMILES string of the molecule is CNC(=O)CCNS(=O)(=O)c1cc(C)c(C)c(N)c1. The second-order valence-electron chi connectivity index (χ2n) is 4.28. The van der Waals surface area contributed by atoms with E-state index in [9.17, 15) is 13.2 Å². The molecule has 6 nitrogen and oxygen atoms in total. The number of nitrogen functional groups attached to an aromatic ring is 1. The number of sulfonamides is 1. The fraction of sp³-hybridized carbons (Fsp3) is 0.417. The highest BCUT2D eigenvalue weighted by atomic mass is 32.2. The third kappa shape index (κ3) is 3.93. The van der Waals surface area contributed by atoms with Crippen molar-refractivity contribution in [2.45, 2.75) is 25.2 Å². The third-order valence-electron chi connectivity index (χ3n) is 2.91. The van der Waals surface area contributed by atoms with Crippen LogP contribution in [-0.2, 0) is 14.8 Å². The molecule has 1 aromatic rings. The predicted molar refractivity (Wildman–Crippen MR) is 74.2 cm³/mol. The quantitative estimate of drug-likeness (QED) is 0.677. The summed E-state index contributed by atoms with van der Waals surface area (Å²) < 4.78 is 26.4. The van der Waals surface area contributed by atoms with Crippen LogP contribution in [0.5, 0.6) is 0 Å². The predicted octanol–water partition coefficient (Wildman–Crippen LogP) is 0.300. The number of hydrogen-bond donors (Lipinski definition) is 3. The number of anilines is 1. The molecule has 4 N–H and O–H groups in total. The average Bonchev–Trinajstić information content (AvgIpc) is 2.34. The lowest BCUT2D eigenvalue weighted by atomic mass is 10.1. The van der Waals surface area contributed by atoms with Crippen LogP contribution in [0.15, 0.2) is 17.0 Å². The van der Waals surface area contributed by atoms with Crippen molar-refractivity contribution in [3.63, 3.8) is 0 Å². The van der Waals surface area contributed by atoms with Crippen LogP contribution in [0.25, 0.3) is 0 Å². The highest BCUT2D eigenvalue weighted by Gasteiger charge is 2.16. The van der Waals surface area contributed by atoms with Gasteiger partial charge >= 0.3 is 0 Å². The van der Waals surface area contributed by atoms with Crippen molar-refractivity contribution in [2.75, 3.05) is 19.3 Å². The monoisotopic (exact) mass is 285 g/mol. The number of nitrogens with one attached hydrogen (secondary N) is 2. The molecule has 106 valence electrons. The molecule has 1 amide bonds. The highest BCUT2D eigenvalue weighted by Crippen LogP contribution is 2.21. The van der Waals surface area contributed by atoms with Gasteiger partial charge in [-0.1, -0.05) is 0 Å². The smallest absolute Gasteiger partial charge is 0.240 e. The van der Waals surface area contributed by atoms with Gasteiger partial charge in [0.15, 0.2) is 0 Å². The van der Waals surface area contributed by atoms with Gasteiger partial charge in [0.05, 0.1) is 4.90 Å². The molecule has 0 aliphatic heterocycles. The van der Waals surface area contributed by atoms with Gasteiger partial charge in [-0.3, -0.25) is 4.79 Å². The maximum Gasteiger partial charge on any atom is 0.240 e. The minimum absolute atomic E-state index is 0.0504. The van der Waals surface area contributed by atoms with Crippen molar-refractivity contribution in [1.29, 1.82) is 0 Å². The second-order valence-corrected chi connectivity index (χ2v) is 6.04. The molecule has 0 radical (unpaired) electrons. The molecule has 0 aliphatic rings. The first-order chi connectivity index (χ1) is 8.77. The molecule has 0 aliphatic carbocycles. The summed E-state index contributed by atoms with van der Waals surface area (Å²) in [6.07, 6.45) is 0.0933. The molecule has 0 spiro atoms. The molecule has 1 aromatic carbocycles. The Morgan fingerprint density at radius 3 is 2.47 bits per heavy atom. The summed E-state index contributed by atoms with van der Waals surface area (Å²) >= 11 is 0. The van der Waals surface area contributed by atoms with Crippen LogP contribution in [0.2, 0.25) is 0 Å². The largest absolute Gasteiger partial charge is 0.398 e. The number of benzene rings is 1. The van der Waals surface area contributed by atoms with Gasteiger partial charge < -0.3 is 11.1 Å². The number of aryl methyl sites for hydroxylation is 1. The number of carbonyl (C=O) groups is 1. The van der Waals surface area contributed by atoms with Gasteiger partial charge in [-0.2, -0.15) is 0 Å². The Labute approximate surface area is 113 Å². The molecule has 0 atom stereocenters. The topological polar surface area (TPSA) is 101 Å². The standard InChI is InChI=1S/C12H19N3O3S/c1-8-6-10(7-11(13)9(8)2)19(17,18)15-5-4-12(16)14-3/h6-7,15H,4-5,13H2,1-3H3,(H,14,16). The molecular formula is C12H19N3O3S. The summed E-state index contributed by atoms with van der Waals surface area (Å²) in [5, 5.41) is 2.42. The van der Waals surface area contributed by atoms with E-state index in [-0.39, 0.29) is 23.8 Å². The van der Waals surface area contributed by atoms with Gasteiger partial charge in [-0.05, 0) is 37.1 Å². The van der Waals surface area contributed by atoms with Crippen LogP contribution in [0, 0.1) is 13.8 Å². The second kappa shape index (κ2) is 6.03. The molecule has 0 heterocycles. The third-order valence-corrected chi connectivity index (χ3v) is 4.35. The molecule has 0 fully saturated rings. The first-order valence-corrected chi connectivity index (χ1v) is 7.33. The van der Waals surface area contributed by atoms with Crippen LogP contribution in [0.1, 0.15) is 17.5 Å². The Morgan fingerprint density at radius 1 is 1.32 bits per heavy atom. The van der Waals surface area contributed by atoms with Crippen molar-refractivity contribution >= 4 is 21.6 Å². The van der Waals surface area contributed by atoms with E-state index in [1.54, 1.807) is 13.0 Å². The maximum atomic E-state index is 12.0. The normalized spacial score (nSPS) is 11.3. The van der Waals surface area contributed by atoms with E-state index in [0.717, 1.165) is 11.1 Å². The Kier molecular flexibility index (Phi) is 4.90. The zero-order chi connectivity index (χ0) is 14.6. The Hall–Kier alpha value is -1.60. The summed E-state index contributed by atoms with van der Waals surface area (Å²) in [7, 11) is -2.14. The van der Waals surface area contributed by atoms with Crippen LogP contribution in [0.3, 0.4) is 0 Å². The van der Waals surface area contributed by atoms with Gasteiger partial charge in [0.2, 0.25) is 15.9 Å². The van der Waals surface area contributed by atoms with Crippen molar-refractivity contribution in [3.8, 4) is 0 Å². The summed E-state index contributed by atoms with van der Waals surface area (Å²) in [6, 6.07) is 2.98. The van der Waals surface area contributed by atoms with E-state index in [1.807, 2.05) is 6.92 Å². The fourth-order valence-corrected chi connectivity index (χ4v) is 2.67. The molecule has 19 heavy (non-hydrogen) atoms. The van der Waals surface area contributed by atoms with Gasteiger partial charge in [-0.25, -0.2) is 13.1 Å². The zero-order valence-electron chi connectivity index (χ0n) is 11.3. The molecular weight excluding hydrogens is 266 g/mol. The summed E-state index contributed by atoms with van der Waals surface area (Å²) in [5.74, 6) is -0.220. The van der Waals surface area contributed by atoms with Crippen LogP contribution >= 0.6 is 0 Å². The van der Waals surface area contributed by atoms with E-state index >= 15 is 0 Å². The van der Waals surface area contributed by atoms with Crippen molar-refractivity contribution in [2.24, 2.45) is 0 Å². The Balaban J connectivity index is 2.86. The summed E-state index contributed by atoms with van der Waals surface area (Å²) in [4.78, 5) is 11.1. The molecule has 1 rings (SSSR count). The molecule has 0 unspecified atom stereocenters. The van der Waals surface area contributed by atoms with E-state index in [2.05, 4.69) is 10.0 Å². The first kappa shape index (κ1) is 15.5. The lowest BCUT2D eigenvalue weighted by Gasteiger charge is -2.10. The van der Waals surface area contributed by atoms with Crippen molar-refractivity contribution < 1.29 is 13.2 Å². The van der Waals surface area contributed by atoms with Crippen molar-refractivity contribution in [1.82, 2.24) is 10.0 Å². The van der Waals surface area contributed by atoms with Gasteiger partial charge in [0, 0.05) is 25.7 Å². The van der Waals surface area contributed by atoms with E-state index < -0.39 is 10.0 Å². The van der Waals surface area contributed by atoms with Gasteiger partial charge in [0.25, 0.3) is 0 Å². The van der Waals surface area contributed by atoms with Crippen LogP contribution < -0.4 is 15.8 Å². The average molecular weight is 285 g/mol. The molecule has 0 bridgehead atoms. The van der Waals surface area contributed by atoms with Crippen LogP contribution in [-0.4, -0.2) is 27.9 Å². The van der Waals surface area contributed by atoms with E-state index in [4.69, 9.17) is 5.73 Å². The minimum atomic E-state index is -3.64. The number of amides is 1. The summed E-state index contributed by atoms with van der Waals surface area (Å²) in [6.45, 7) is 3.68. The number of rotatable bonds is 5. The Bertz CT molecular complexity index is 559. The van der Waals surface area contributed by atoms with E-state index in [0.29, 0.717) is 5.69 Å². The van der Waals surface area contributed by atoms with Gasteiger partial charge in [0.1, 0.15) is 0 Å². The zero-order valence-corrected chi connectivity index (χ0v) is 12.1. The van der Waals surface area contributed by atoms with Crippen LogP contribution in [0.4, 0.5) is 5.69 Å². The summed E-state index contributed by atoms with van der Waals surface area (Å²) in [5.41, 5.74) is 7.87. The number of hydrogen-bond acceptors (Lipinski definition) is 4.